The molecule has 286 valence electrons. The van der Waals surface area contributed by atoms with Gasteiger partial charge in [-0.15, -0.1) is 6.58 Å². The maximum Gasteiger partial charge on any atom is 0.330 e. The molecule has 2 aliphatic rings. The highest BCUT2D eigenvalue weighted by atomic mass is 32.2. The SMILES string of the molecule is C=CC1C[C@]1(NC(=O)[C@@H]1C[C@@H](Oc2cc(-c3ccccc3)nc3cc(OC)ccc23)CN1C(=O)N[C@H](CNS(=O)(=O)c1cnoc1C)CC(C)C)C(=O)O. The van der Waals surface area contributed by atoms with Gasteiger partial charge in [0.15, 0.2) is 5.76 Å². The summed E-state index contributed by atoms with van der Waals surface area (Å²) in [7, 11) is -2.44. The Labute approximate surface area is 313 Å². The maximum atomic E-state index is 14.1. The number of likely N-dealkylation sites (tertiary alicyclic amines) is 1. The number of benzene rings is 2. The number of nitrogens with one attached hydrogen (secondary N) is 3. The predicted octanol–water partition coefficient (Wildman–Crippen LogP) is 4.28. The second-order valence-corrected chi connectivity index (χ2v) is 15.8. The number of carbonyl (C=O) groups is 3. The van der Waals surface area contributed by atoms with Gasteiger partial charge in [-0.25, -0.2) is 27.7 Å². The fourth-order valence-corrected chi connectivity index (χ4v) is 8.04. The number of urea groups is 1. The lowest BCUT2D eigenvalue weighted by atomic mass is 10.0. The fraction of sp³-hybridized carbons (Fsp3) is 0.395. The van der Waals surface area contributed by atoms with Crippen LogP contribution in [0.3, 0.4) is 0 Å². The quantitative estimate of drug-likeness (QED) is 0.126. The van der Waals surface area contributed by atoms with Gasteiger partial charge in [0.05, 0.1) is 31.1 Å². The standard InChI is InChI=1S/C38H44N6O9S/c1-6-25-18-38(25,36(46)47)43-35(45)32-16-28(52-33-17-30(24-10-8-7-9-11-24)42-31-15-27(51-5)12-13-29(31)33)21-44(32)37(48)41-26(14-22(2)3)19-40-54(49,50)34-20-39-53-23(34)4/h6-13,15,17,20,22,25-26,28,32,40H,1,14,16,18-19,21H2,2-5H3,(H,41,48)(H,43,45)(H,46,47)/t25?,26-,28+,32-,38+/m0/s1. The van der Waals surface area contributed by atoms with Crippen LogP contribution in [0.15, 0.2) is 82.9 Å². The van der Waals surface area contributed by atoms with Crippen molar-refractivity contribution in [1.29, 1.82) is 0 Å². The molecule has 16 heteroatoms. The number of carboxylic acid groups (broad SMARTS) is 1. The Kier molecular flexibility index (Phi) is 11.0. The van der Waals surface area contributed by atoms with Crippen LogP contribution in [0.5, 0.6) is 11.5 Å². The molecule has 54 heavy (non-hydrogen) atoms. The molecule has 4 N–H and O–H groups in total. The molecule has 1 saturated carbocycles. The Bertz CT molecular complexity index is 2160. The van der Waals surface area contributed by atoms with Crippen molar-refractivity contribution in [1.82, 2.24) is 30.4 Å². The summed E-state index contributed by atoms with van der Waals surface area (Å²) in [6, 6.07) is 14.3. The van der Waals surface area contributed by atoms with Gasteiger partial charge in [-0.05, 0) is 37.8 Å². The van der Waals surface area contributed by atoms with Gasteiger partial charge in [-0.3, -0.25) is 4.79 Å². The zero-order chi connectivity index (χ0) is 38.8. The second-order valence-electron chi connectivity index (χ2n) is 14.1. The number of fused-ring (bicyclic) bond motifs is 1. The van der Waals surface area contributed by atoms with Crippen LogP contribution in [0.25, 0.3) is 22.2 Å². The van der Waals surface area contributed by atoms with Crippen LogP contribution in [-0.4, -0.2) is 90.4 Å². The number of hydrogen-bond donors (Lipinski definition) is 4. The molecule has 15 nitrogen and oxygen atoms in total. The van der Waals surface area contributed by atoms with Crippen molar-refractivity contribution < 1.29 is 41.9 Å². The third kappa shape index (κ3) is 8.04. The first-order chi connectivity index (χ1) is 25.7. The molecule has 0 radical (unpaired) electrons. The number of aryl methyl sites for hydroxylation is 1. The van der Waals surface area contributed by atoms with E-state index in [4.69, 9.17) is 19.0 Å². The summed E-state index contributed by atoms with van der Waals surface area (Å²) < 4.78 is 45.6. The Hall–Kier alpha value is -5.48. The van der Waals surface area contributed by atoms with Gasteiger partial charge < -0.3 is 34.6 Å². The van der Waals surface area contributed by atoms with Gasteiger partial charge in [-0.2, -0.15) is 0 Å². The average molecular weight is 761 g/mol. The molecule has 6 rings (SSSR count). The van der Waals surface area contributed by atoms with E-state index in [1.165, 1.54) is 17.9 Å². The summed E-state index contributed by atoms with van der Waals surface area (Å²) in [4.78, 5) is 46.4. The number of pyridine rings is 1. The average Bonchev–Trinajstić information content (AvgIpc) is 3.42. The van der Waals surface area contributed by atoms with Gasteiger partial charge in [0.2, 0.25) is 15.9 Å². The minimum atomic E-state index is -4.01. The third-order valence-corrected chi connectivity index (χ3v) is 11.3. The Morgan fingerprint density at radius 3 is 2.56 bits per heavy atom. The molecule has 0 bridgehead atoms. The lowest BCUT2D eigenvalue weighted by Gasteiger charge is -2.28. The molecule has 3 amide bonds. The lowest BCUT2D eigenvalue weighted by molar-refractivity contribution is -0.144. The van der Waals surface area contributed by atoms with Crippen LogP contribution in [0.4, 0.5) is 4.79 Å². The van der Waals surface area contributed by atoms with Crippen LogP contribution >= 0.6 is 0 Å². The molecule has 2 aromatic heterocycles. The molecule has 1 aliphatic heterocycles. The number of methoxy groups -OCH3 is 1. The van der Waals surface area contributed by atoms with E-state index in [0.29, 0.717) is 34.5 Å². The number of nitrogens with zero attached hydrogens (tertiary/aromatic N) is 3. The number of hydrogen-bond acceptors (Lipinski definition) is 10. The van der Waals surface area contributed by atoms with E-state index in [9.17, 15) is 27.9 Å². The molecule has 1 saturated heterocycles. The number of carbonyl (C=O) groups excluding carboxylic acids is 2. The van der Waals surface area contributed by atoms with E-state index in [2.05, 4.69) is 27.1 Å². The zero-order valence-corrected chi connectivity index (χ0v) is 31.3. The van der Waals surface area contributed by atoms with Crippen molar-refractivity contribution in [3.8, 4) is 22.8 Å². The molecule has 2 aromatic carbocycles. The van der Waals surface area contributed by atoms with E-state index >= 15 is 0 Å². The van der Waals surface area contributed by atoms with Crippen molar-refractivity contribution in [2.24, 2.45) is 11.8 Å². The molecule has 0 spiro atoms. The number of ether oxygens (including phenoxy) is 2. The van der Waals surface area contributed by atoms with Gasteiger partial charge >= 0.3 is 12.0 Å². The van der Waals surface area contributed by atoms with Crippen LogP contribution in [-0.2, 0) is 19.6 Å². The molecular weight excluding hydrogens is 717 g/mol. The molecule has 5 atom stereocenters. The first-order valence-electron chi connectivity index (χ1n) is 17.6. The van der Waals surface area contributed by atoms with Crippen molar-refractivity contribution in [2.75, 3.05) is 20.2 Å². The Morgan fingerprint density at radius 1 is 1.17 bits per heavy atom. The monoisotopic (exact) mass is 760 g/mol. The van der Waals surface area contributed by atoms with Crippen LogP contribution in [0, 0.1) is 18.8 Å². The van der Waals surface area contributed by atoms with Crippen LogP contribution in [0.2, 0.25) is 0 Å². The van der Waals surface area contributed by atoms with Crippen LogP contribution in [0.1, 0.15) is 38.9 Å². The third-order valence-electron chi connectivity index (χ3n) is 9.80. The molecule has 4 aromatic rings. The second kappa shape index (κ2) is 15.5. The number of sulfonamides is 1. The topological polar surface area (TPSA) is 202 Å². The molecule has 2 fully saturated rings. The summed E-state index contributed by atoms with van der Waals surface area (Å²) in [6.45, 7) is 8.87. The van der Waals surface area contributed by atoms with E-state index < -0.39 is 57.6 Å². The van der Waals surface area contributed by atoms with E-state index in [-0.39, 0.29) is 42.5 Å². The smallest absolute Gasteiger partial charge is 0.330 e. The zero-order valence-electron chi connectivity index (χ0n) is 30.4. The maximum absolute atomic E-state index is 14.1. The minimum Gasteiger partial charge on any atom is -0.497 e. The number of aliphatic carboxylic acids is 1. The minimum absolute atomic E-state index is 0.0322. The van der Waals surface area contributed by atoms with E-state index in [0.717, 1.165) is 11.8 Å². The van der Waals surface area contributed by atoms with Crippen molar-refractivity contribution in [3.63, 3.8) is 0 Å². The number of carboxylic acids is 1. The van der Waals surface area contributed by atoms with Gasteiger partial charge in [0.25, 0.3) is 0 Å². The largest absolute Gasteiger partial charge is 0.497 e. The lowest BCUT2D eigenvalue weighted by Crippen LogP contribution is -2.56. The summed E-state index contributed by atoms with van der Waals surface area (Å²) in [5, 5.41) is 19.9. The summed E-state index contributed by atoms with van der Waals surface area (Å²) in [5.74, 6) is -1.06. The van der Waals surface area contributed by atoms with Crippen LogP contribution < -0.4 is 24.8 Å². The molecule has 3 heterocycles. The van der Waals surface area contributed by atoms with Crippen molar-refractivity contribution >= 4 is 38.8 Å². The Morgan fingerprint density at radius 2 is 1.93 bits per heavy atom. The molecule has 1 aliphatic carbocycles. The van der Waals surface area contributed by atoms with Crippen molar-refractivity contribution in [3.05, 3.63) is 79.2 Å². The summed E-state index contributed by atoms with van der Waals surface area (Å²) in [6.07, 6.45) is 2.52. The van der Waals surface area contributed by atoms with Gasteiger partial charge in [0.1, 0.15) is 34.1 Å². The normalized spacial score (nSPS) is 21.4. The molecule has 1 unspecified atom stereocenters. The van der Waals surface area contributed by atoms with Gasteiger partial charge in [-0.1, -0.05) is 55.4 Å². The Balaban J connectivity index is 1.28. The highest BCUT2D eigenvalue weighted by Gasteiger charge is 2.61. The first kappa shape index (κ1) is 38.3. The van der Waals surface area contributed by atoms with Crippen molar-refractivity contribution in [2.45, 2.75) is 68.7 Å². The summed E-state index contributed by atoms with van der Waals surface area (Å²) >= 11 is 0. The first-order valence-corrected chi connectivity index (χ1v) is 19.1. The number of aromatic nitrogens is 2. The highest BCUT2D eigenvalue weighted by Crippen LogP contribution is 2.45. The highest BCUT2D eigenvalue weighted by molar-refractivity contribution is 7.89. The fourth-order valence-electron chi connectivity index (χ4n) is 6.87. The summed E-state index contributed by atoms with van der Waals surface area (Å²) in [5.41, 5.74) is 0.577. The molecular formula is C38H44N6O9S. The van der Waals surface area contributed by atoms with E-state index in [1.807, 2.05) is 56.3 Å². The predicted molar refractivity (Wildman–Crippen MR) is 198 cm³/mol. The van der Waals surface area contributed by atoms with E-state index in [1.54, 1.807) is 19.2 Å². The number of amides is 3. The number of rotatable bonds is 15. The van der Waals surface area contributed by atoms with Gasteiger partial charge in [0, 0.05) is 48.0 Å².